The highest BCUT2D eigenvalue weighted by Gasteiger charge is 2.04. The smallest absolute Gasteiger partial charge is 0.224 e. The summed E-state index contributed by atoms with van der Waals surface area (Å²) in [6.07, 6.45) is 4.01. The van der Waals surface area contributed by atoms with Gasteiger partial charge in [0.1, 0.15) is 5.82 Å². The molecule has 15 heavy (non-hydrogen) atoms. The quantitative estimate of drug-likeness (QED) is 0.784. The minimum atomic E-state index is 0.288. The van der Waals surface area contributed by atoms with E-state index in [0.717, 1.165) is 18.2 Å². The Morgan fingerprint density at radius 3 is 2.67 bits per heavy atom. The lowest BCUT2D eigenvalue weighted by molar-refractivity contribution is 0.527. The second kappa shape index (κ2) is 5.91. The van der Waals surface area contributed by atoms with Crippen molar-refractivity contribution in [3.63, 3.8) is 0 Å². The molecule has 1 rings (SSSR count). The van der Waals surface area contributed by atoms with Crippen LogP contribution in [0.5, 0.6) is 0 Å². The zero-order chi connectivity index (χ0) is 11.3. The molecule has 0 aliphatic rings. The molecule has 4 heteroatoms. The number of anilines is 1. The van der Waals surface area contributed by atoms with Crippen molar-refractivity contribution in [1.82, 2.24) is 9.97 Å². The third kappa shape index (κ3) is 4.98. The van der Waals surface area contributed by atoms with Crippen molar-refractivity contribution in [2.75, 3.05) is 5.32 Å². The summed E-state index contributed by atoms with van der Waals surface area (Å²) in [5, 5.41) is 3.59. The first-order chi connectivity index (χ1) is 7.08. The fourth-order valence-corrected chi connectivity index (χ4v) is 1.47. The van der Waals surface area contributed by atoms with Crippen molar-refractivity contribution in [3.05, 3.63) is 17.5 Å². The Bertz CT molecular complexity index is 302. The third-order valence-electron chi connectivity index (χ3n) is 2.20. The van der Waals surface area contributed by atoms with E-state index in [4.69, 9.17) is 11.6 Å². The van der Waals surface area contributed by atoms with E-state index in [1.807, 2.05) is 6.07 Å². The van der Waals surface area contributed by atoms with Crippen LogP contribution in [0.2, 0.25) is 5.28 Å². The zero-order valence-corrected chi connectivity index (χ0v) is 10.3. The lowest BCUT2D eigenvalue weighted by atomic mass is 10.0. The summed E-state index contributed by atoms with van der Waals surface area (Å²) >= 11 is 5.69. The molecule has 0 aliphatic heterocycles. The number of aromatic nitrogens is 2. The van der Waals surface area contributed by atoms with Gasteiger partial charge in [0.2, 0.25) is 5.28 Å². The van der Waals surface area contributed by atoms with Crippen LogP contribution in [0.4, 0.5) is 5.82 Å². The summed E-state index contributed by atoms with van der Waals surface area (Å²) in [7, 11) is 0. The highest BCUT2D eigenvalue weighted by Crippen LogP contribution is 2.12. The van der Waals surface area contributed by atoms with Crippen molar-refractivity contribution >= 4 is 17.4 Å². The molecule has 0 saturated carbocycles. The van der Waals surface area contributed by atoms with Gasteiger partial charge in [-0.15, -0.1) is 0 Å². The van der Waals surface area contributed by atoms with Gasteiger partial charge in [0.25, 0.3) is 0 Å². The SMILES string of the molecule is CC(C)CCC(C)Nc1ccnc(Cl)n1. The molecule has 0 aliphatic carbocycles. The van der Waals surface area contributed by atoms with Crippen molar-refractivity contribution in [1.29, 1.82) is 0 Å². The lowest BCUT2D eigenvalue weighted by Crippen LogP contribution is -2.16. The topological polar surface area (TPSA) is 37.8 Å². The Kier molecular flexibility index (Phi) is 4.82. The molecule has 1 aromatic rings. The van der Waals surface area contributed by atoms with E-state index in [9.17, 15) is 0 Å². The maximum atomic E-state index is 5.69. The molecule has 1 unspecified atom stereocenters. The third-order valence-corrected chi connectivity index (χ3v) is 2.38. The van der Waals surface area contributed by atoms with Crippen LogP contribution in [0.25, 0.3) is 0 Å². The van der Waals surface area contributed by atoms with Gasteiger partial charge < -0.3 is 5.32 Å². The summed E-state index contributed by atoms with van der Waals surface area (Å²) in [5.74, 6) is 1.54. The number of nitrogens with one attached hydrogen (secondary N) is 1. The fraction of sp³-hybridized carbons (Fsp3) is 0.636. The van der Waals surface area contributed by atoms with E-state index in [0.29, 0.717) is 6.04 Å². The van der Waals surface area contributed by atoms with Crippen LogP contribution in [0.3, 0.4) is 0 Å². The van der Waals surface area contributed by atoms with E-state index >= 15 is 0 Å². The maximum Gasteiger partial charge on any atom is 0.224 e. The van der Waals surface area contributed by atoms with Crippen LogP contribution in [0.1, 0.15) is 33.6 Å². The van der Waals surface area contributed by atoms with Gasteiger partial charge in [0.05, 0.1) is 0 Å². The largest absolute Gasteiger partial charge is 0.367 e. The van der Waals surface area contributed by atoms with Crippen molar-refractivity contribution < 1.29 is 0 Å². The zero-order valence-electron chi connectivity index (χ0n) is 9.50. The Balaban J connectivity index is 2.40. The molecule has 0 aromatic carbocycles. The van der Waals surface area contributed by atoms with Crippen molar-refractivity contribution in [3.8, 4) is 0 Å². The summed E-state index contributed by atoms with van der Waals surface area (Å²) in [5.41, 5.74) is 0. The van der Waals surface area contributed by atoms with E-state index in [1.165, 1.54) is 6.42 Å². The van der Waals surface area contributed by atoms with Gasteiger partial charge in [-0.25, -0.2) is 9.97 Å². The van der Waals surface area contributed by atoms with Gasteiger partial charge in [0.15, 0.2) is 0 Å². The van der Waals surface area contributed by atoms with Gasteiger partial charge in [0, 0.05) is 12.2 Å². The van der Waals surface area contributed by atoms with E-state index in [-0.39, 0.29) is 5.28 Å². The number of halogens is 1. The molecular formula is C11H18ClN3. The van der Waals surface area contributed by atoms with Gasteiger partial charge in [-0.05, 0) is 43.4 Å². The molecule has 1 atom stereocenters. The van der Waals surface area contributed by atoms with Crippen LogP contribution in [0, 0.1) is 5.92 Å². The van der Waals surface area contributed by atoms with Crippen LogP contribution >= 0.6 is 11.6 Å². The average molecular weight is 228 g/mol. The molecule has 84 valence electrons. The highest BCUT2D eigenvalue weighted by molar-refractivity contribution is 6.28. The second-order valence-electron chi connectivity index (χ2n) is 4.23. The summed E-state index contributed by atoms with van der Waals surface area (Å²) in [6, 6.07) is 2.25. The molecule has 0 spiro atoms. The molecular weight excluding hydrogens is 210 g/mol. The van der Waals surface area contributed by atoms with Crippen molar-refractivity contribution in [2.45, 2.75) is 39.7 Å². The molecule has 0 saturated heterocycles. The van der Waals surface area contributed by atoms with Gasteiger partial charge in [-0.3, -0.25) is 0 Å². The molecule has 1 N–H and O–H groups in total. The fourth-order valence-electron chi connectivity index (χ4n) is 1.32. The standard InChI is InChI=1S/C11H18ClN3/c1-8(2)4-5-9(3)14-10-6-7-13-11(12)15-10/h6-9H,4-5H2,1-3H3,(H,13,14,15). The van der Waals surface area contributed by atoms with E-state index < -0.39 is 0 Å². The first-order valence-electron chi connectivity index (χ1n) is 5.33. The molecule has 0 radical (unpaired) electrons. The minimum Gasteiger partial charge on any atom is -0.367 e. The highest BCUT2D eigenvalue weighted by atomic mass is 35.5. The minimum absolute atomic E-state index is 0.288. The Labute approximate surface area is 96.3 Å². The Morgan fingerprint density at radius 1 is 1.33 bits per heavy atom. The molecule has 0 fully saturated rings. The summed E-state index contributed by atoms with van der Waals surface area (Å²) < 4.78 is 0. The summed E-state index contributed by atoms with van der Waals surface area (Å²) in [6.45, 7) is 6.61. The molecule has 3 nitrogen and oxygen atoms in total. The number of nitrogens with zero attached hydrogens (tertiary/aromatic N) is 2. The molecule has 0 amide bonds. The molecule has 0 bridgehead atoms. The van der Waals surface area contributed by atoms with Gasteiger partial charge >= 0.3 is 0 Å². The Morgan fingerprint density at radius 2 is 2.07 bits per heavy atom. The lowest BCUT2D eigenvalue weighted by Gasteiger charge is -2.15. The van der Waals surface area contributed by atoms with E-state index in [1.54, 1.807) is 6.20 Å². The average Bonchev–Trinajstić information content (AvgIpc) is 2.15. The first-order valence-corrected chi connectivity index (χ1v) is 5.71. The predicted octanol–water partition coefficient (Wildman–Crippen LogP) is 3.37. The van der Waals surface area contributed by atoms with Crippen molar-refractivity contribution in [2.24, 2.45) is 5.92 Å². The number of hydrogen-bond acceptors (Lipinski definition) is 3. The van der Waals surface area contributed by atoms with Crippen LogP contribution in [0.15, 0.2) is 12.3 Å². The van der Waals surface area contributed by atoms with Crippen LogP contribution < -0.4 is 5.32 Å². The van der Waals surface area contributed by atoms with Crippen LogP contribution in [-0.2, 0) is 0 Å². The maximum absolute atomic E-state index is 5.69. The first kappa shape index (κ1) is 12.2. The monoisotopic (exact) mass is 227 g/mol. The number of hydrogen-bond donors (Lipinski definition) is 1. The second-order valence-corrected chi connectivity index (χ2v) is 4.57. The Hall–Kier alpha value is -0.830. The number of rotatable bonds is 5. The van der Waals surface area contributed by atoms with E-state index in [2.05, 4.69) is 36.1 Å². The van der Waals surface area contributed by atoms with Crippen LogP contribution in [-0.4, -0.2) is 16.0 Å². The van der Waals surface area contributed by atoms with Gasteiger partial charge in [-0.1, -0.05) is 13.8 Å². The predicted molar refractivity (Wildman–Crippen MR) is 64.2 cm³/mol. The van der Waals surface area contributed by atoms with Gasteiger partial charge in [-0.2, -0.15) is 0 Å². The molecule has 1 heterocycles. The normalized spacial score (nSPS) is 12.9. The summed E-state index contributed by atoms with van der Waals surface area (Å²) in [4.78, 5) is 7.92. The molecule has 1 aromatic heterocycles.